The first kappa shape index (κ1) is 17.0. The third-order valence-electron chi connectivity index (χ3n) is 3.08. The first-order valence-corrected chi connectivity index (χ1v) is 7.24. The van der Waals surface area contributed by atoms with Gasteiger partial charge in [0, 0.05) is 27.7 Å². The molecule has 7 heteroatoms. The average molecular weight is 320 g/mol. The molecule has 0 bridgehead atoms. The summed E-state index contributed by atoms with van der Waals surface area (Å²) in [6.07, 6.45) is 1.16. The molecular formula is C16H21FN4O2. The smallest absolute Gasteiger partial charge is 0.225 e. The molecule has 6 nitrogen and oxygen atoms in total. The standard InChI is InChI=1S/C16H21FN4O2/c1-21(2)15-14(17)11-19-16(20-15)18-10-12-4-6-13(7-5-12)23-9-8-22-3/h4-7,11H,8-10H2,1-3H3,(H,18,19,20). The number of rotatable bonds is 8. The Morgan fingerprint density at radius 1 is 1.17 bits per heavy atom. The van der Waals surface area contributed by atoms with Crippen LogP contribution in [0.15, 0.2) is 30.5 Å². The van der Waals surface area contributed by atoms with Gasteiger partial charge in [0.2, 0.25) is 5.95 Å². The van der Waals surface area contributed by atoms with Gasteiger partial charge in [-0.2, -0.15) is 4.98 Å². The Balaban J connectivity index is 1.92. The minimum atomic E-state index is -0.446. The zero-order valence-corrected chi connectivity index (χ0v) is 13.5. The van der Waals surface area contributed by atoms with Crippen LogP contribution in [0.2, 0.25) is 0 Å². The van der Waals surface area contributed by atoms with Gasteiger partial charge < -0.3 is 19.7 Å². The molecule has 124 valence electrons. The Hall–Kier alpha value is -2.41. The lowest BCUT2D eigenvalue weighted by Gasteiger charge is -2.13. The lowest BCUT2D eigenvalue weighted by atomic mass is 10.2. The van der Waals surface area contributed by atoms with E-state index in [1.165, 1.54) is 0 Å². The Morgan fingerprint density at radius 2 is 1.91 bits per heavy atom. The molecule has 1 N–H and O–H groups in total. The molecule has 1 aromatic carbocycles. The second-order valence-corrected chi connectivity index (χ2v) is 5.10. The Labute approximate surface area is 135 Å². The van der Waals surface area contributed by atoms with Crippen molar-refractivity contribution < 1.29 is 13.9 Å². The van der Waals surface area contributed by atoms with Crippen LogP contribution in [-0.2, 0) is 11.3 Å². The summed E-state index contributed by atoms with van der Waals surface area (Å²) < 4.78 is 24.0. The molecule has 0 atom stereocenters. The second kappa shape index (κ2) is 8.28. The van der Waals surface area contributed by atoms with E-state index in [1.54, 1.807) is 26.1 Å². The van der Waals surface area contributed by atoms with Crippen LogP contribution in [0.25, 0.3) is 0 Å². The van der Waals surface area contributed by atoms with Crippen LogP contribution in [0.4, 0.5) is 16.2 Å². The fourth-order valence-electron chi connectivity index (χ4n) is 1.88. The summed E-state index contributed by atoms with van der Waals surface area (Å²) in [5.74, 6) is 0.983. The molecule has 0 aliphatic rings. The third-order valence-corrected chi connectivity index (χ3v) is 3.08. The van der Waals surface area contributed by atoms with E-state index in [1.807, 2.05) is 24.3 Å². The molecule has 0 radical (unpaired) electrons. The number of benzene rings is 1. The summed E-state index contributed by atoms with van der Waals surface area (Å²) >= 11 is 0. The van der Waals surface area contributed by atoms with Crippen molar-refractivity contribution in [3.05, 3.63) is 41.8 Å². The SMILES string of the molecule is COCCOc1ccc(CNc2ncc(F)c(N(C)C)n2)cc1. The van der Waals surface area contributed by atoms with Gasteiger partial charge in [-0.1, -0.05) is 12.1 Å². The molecule has 0 saturated heterocycles. The van der Waals surface area contributed by atoms with Crippen LogP contribution in [0.5, 0.6) is 5.75 Å². The van der Waals surface area contributed by atoms with E-state index in [0.29, 0.717) is 25.7 Å². The maximum absolute atomic E-state index is 13.5. The van der Waals surface area contributed by atoms with Crippen molar-refractivity contribution in [3.63, 3.8) is 0 Å². The van der Waals surface area contributed by atoms with Crippen LogP contribution in [-0.4, -0.2) is 44.4 Å². The fourth-order valence-corrected chi connectivity index (χ4v) is 1.88. The molecule has 0 fully saturated rings. The molecule has 2 rings (SSSR count). The van der Waals surface area contributed by atoms with E-state index >= 15 is 0 Å². The second-order valence-electron chi connectivity index (χ2n) is 5.10. The topological polar surface area (TPSA) is 59.5 Å². The highest BCUT2D eigenvalue weighted by atomic mass is 19.1. The van der Waals surface area contributed by atoms with Gasteiger partial charge in [0.25, 0.3) is 0 Å². The summed E-state index contributed by atoms with van der Waals surface area (Å²) in [6, 6.07) is 7.68. The monoisotopic (exact) mass is 320 g/mol. The highest BCUT2D eigenvalue weighted by Crippen LogP contribution is 2.16. The lowest BCUT2D eigenvalue weighted by Crippen LogP contribution is -2.15. The molecule has 2 aromatic rings. The van der Waals surface area contributed by atoms with Crippen LogP contribution < -0.4 is 15.0 Å². The van der Waals surface area contributed by atoms with Gasteiger partial charge >= 0.3 is 0 Å². The largest absolute Gasteiger partial charge is 0.491 e. The number of ether oxygens (including phenoxy) is 2. The summed E-state index contributed by atoms with van der Waals surface area (Å²) in [4.78, 5) is 9.69. The van der Waals surface area contributed by atoms with E-state index in [2.05, 4.69) is 15.3 Å². The molecule has 0 saturated carbocycles. The van der Waals surface area contributed by atoms with Crippen molar-refractivity contribution in [3.8, 4) is 5.75 Å². The summed E-state index contributed by atoms with van der Waals surface area (Å²) in [5.41, 5.74) is 1.04. The molecule has 23 heavy (non-hydrogen) atoms. The predicted molar refractivity (Wildman–Crippen MR) is 87.5 cm³/mol. The Morgan fingerprint density at radius 3 is 2.57 bits per heavy atom. The molecule has 0 aliphatic carbocycles. The summed E-state index contributed by atoms with van der Waals surface area (Å²) in [7, 11) is 5.10. The number of nitrogens with one attached hydrogen (secondary N) is 1. The van der Waals surface area contributed by atoms with Crippen LogP contribution in [0, 0.1) is 5.82 Å². The van der Waals surface area contributed by atoms with Crippen LogP contribution in [0.3, 0.4) is 0 Å². The molecule has 0 aliphatic heterocycles. The Kier molecular flexibility index (Phi) is 6.10. The number of hydrogen-bond donors (Lipinski definition) is 1. The van der Waals surface area contributed by atoms with E-state index < -0.39 is 5.82 Å². The van der Waals surface area contributed by atoms with Gasteiger partial charge in [-0.3, -0.25) is 0 Å². The van der Waals surface area contributed by atoms with Gasteiger partial charge in [0.05, 0.1) is 12.8 Å². The van der Waals surface area contributed by atoms with Crippen molar-refractivity contribution in [1.82, 2.24) is 9.97 Å². The quantitative estimate of drug-likeness (QED) is 0.753. The molecule has 1 aromatic heterocycles. The zero-order chi connectivity index (χ0) is 16.7. The molecular weight excluding hydrogens is 299 g/mol. The van der Waals surface area contributed by atoms with Gasteiger partial charge in [-0.25, -0.2) is 9.37 Å². The average Bonchev–Trinajstić information content (AvgIpc) is 2.55. The minimum absolute atomic E-state index is 0.254. The third kappa shape index (κ3) is 5.07. The van der Waals surface area contributed by atoms with E-state index in [0.717, 1.165) is 17.5 Å². The fraction of sp³-hybridized carbons (Fsp3) is 0.375. The highest BCUT2D eigenvalue weighted by molar-refractivity contribution is 5.42. The Bertz CT molecular complexity index is 620. The lowest BCUT2D eigenvalue weighted by molar-refractivity contribution is 0.146. The van der Waals surface area contributed by atoms with E-state index in [9.17, 15) is 4.39 Å². The minimum Gasteiger partial charge on any atom is -0.491 e. The number of aromatic nitrogens is 2. The van der Waals surface area contributed by atoms with Crippen molar-refractivity contribution in [2.45, 2.75) is 6.54 Å². The van der Waals surface area contributed by atoms with Crippen molar-refractivity contribution >= 4 is 11.8 Å². The molecule has 0 amide bonds. The maximum Gasteiger partial charge on any atom is 0.225 e. The van der Waals surface area contributed by atoms with Crippen molar-refractivity contribution in [1.29, 1.82) is 0 Å². The molecule has 1 heterocycles. The molecule has 0 spiro atoms. The number of halogens is 1. The van der Waals surface area contributed by atoms with E-state index in [-0.39, 0.29) is 5.82 Å². The maximum atomic E-state index is 13.5. The predicted octanol–water partition coefficient (Wildman–Crippen LogP) is 2.32. The number of anilines is 2. The summed E-state index contributed by atoms with van der Waals surface area (Å²) in [5, 5.41) is 3.08. The molecule has 0 unspecified atom stereocenters. The number of methoxy groups -OCH3 is 1. The summed E-state index contributed by atoms with van der Waals surface area (Å²) in [6.45, 7) is 1.61. The van der Waals surface area contributed by atoms with Gasteiger partial charge in [-0.15, -0.1) is 0 Å². The van der Waals surface area contributed by atoms with Gasteiger partial charge in [0.1, 0.15) is 12.4 Å². The number of nitrogens with zero attached hydrogens (tertiary/aromatic N) is 3. The van der Waals surface area contributed by atoms with Gasteiger partial charge in [-0.05, 0) is 17.7 Å². The van der Waals surface area contributed by atoms with Gasteiger partial charge in [0.15, 0.2) is 11.6 Å². The van der Waals surface area contributed by atoms with Crippen molar-refractivity contribution in [2.24, 2.45) is 0 Å². The normalized spacial score (nSPS) is 10.4. The zero-order valence-electron chi connectivity index (χ0n) is 13.5. The number of hydrogen-bond acceptors (Lipinski definition) is 6. The first-order chi connectivity index (χ1) is 11.1. The van der Waals surface area contributed by atoms with Crippen molar-refractivity contribution in [2.75, 3.05) is 44.6 Å². The van der Waals surface area contributed by atoms with Crippen LogP contribution in [0.1, 0.15) is 5.56 Å². The van der Waals surface area contributed by atoms with Crippen LogP contribution >= 0.6 is 0 Å². The first-order valence-electron chi connectivity index (χ1n) is 7.24. The highest BCUT2D eigenvalue weighted by Gasteiger charge is 2.08. The van der Waals surface area contributed by atoms with E-state index in [4.69, 9.17) is 9.47 Å².